The number of rotatable bonds is 9. The van der Waals surface area contributed by atoms with Gasteiger partial charge in [0.25, 0.3) is 0 Å². The molecule has 1 fully saturated rings. The fourth-order valence-electron chi connectivity index (χ4n) is 5.56. The number of nitrogens with two attached hydrogens (primary N) is 1. The van der Waals surface area contributed by atoms with E-state index in [9.17, 15) is 8.42 Å². The molecule has 5 rings (SSSR count). The molecule has 3 heterocycles. The topological polar surface area (TPSA) is 151 Å². The van der Waals surface area contributed by atoms with E-state index in [1.54, 1.807) is 24.5 Å². The largest absolute Gasteiger partial charge is 0.368 e. The fourth-order valence-corrected chi connectivity index (χ4v) is 6.19. The summed E-state index contributed by atoms with van der Waals surface area (Å²) in [5, 5.41) is 12.5. The highest BCUT2D eigenvalue weighted by atomic mass is 32.2. The maximum absolute atomic E-state index is 11.8. The van der Waals surface area contributed by atoms with Crippen LogP contribution in [0.25, 0.3) is 17.2 Å². The number of hydrogen-bond acceptors (Lipinski definition) is 10. The van der Waals surface area contributed by atoms with E-state index in [2.05, 4.69) is 57.2 Å². The maximum Gasteiger partial charge on any atom is 0.223 e. The van der Waals surface area contributed by atoms with Gasteiger partial charge in [0.05, 0.1) is 16.7 Å². The van der Waals surface area contributed by atoms with Crippen LogP contribution in [0.4, 0.5) is 11.9 Å². The fraction of sp³-hybridized carbons (Fsp3) is 0.303. The van der Waals surface area contributed by atoms with Crippen LogP contribution >= 0.6 is 0 Å². The number of likely N-dealkylation sites (tertiary alicyclic amines) is 1. The summed E-state index contributed by atoms with van der Waals surface area (Å²) in [6.45, 7) is 6.74. The summed E-state index contributed by atoms with van der Waals surface area (Å²) in [6, 6.07) is 13.6. The summed E-state index contributed by atoms with van der Waals surface area (Å²) >= 11 is 0. The molecule has 0 amide bonds. The molecule has 2 aromatic heterocycles. The van der Waals surface area contributed by atoms with Crippen molar-refractivity contribution < 1.29 is 8.42 Å². The summed E-state index contributed by atoms with van der Waals surface area (Å²) in [5.41, 5.74) is 13.7. The Morgan fingerprint density at radius 3 is 2.32 bits per heavy atom. The van der Waals surface area contributed by atoms with Gasteiger partial charge in [-0.25, -0.2) is 28.4 Å². The van der Waals surface area contributed by atoms with E-state index < -0.39 is 9.84 Å². The van der Waals surface area contributed by atoms with Crippen molar-refractivity contribution >= 4 is 27.8 Å². The first-order chi connectivity index (χ1) is 21.1. The lowest BCUT2D eigenvalue weighted by atomic mass is 9.93. The highest BCUT2D eigenvalue weighted by molar-refractivity contribution is 7.90. The molecule has 1 saturated heterocycles. The van der Waals surface area contributed by atoms with Crippen LogP contribution < -0.4 is 11.1 Å². The van der Waals surface area contributed by atoms with Gasteiger partial charge < -0.3 is 11.1 Å². The molecule has 11 heteroatoms. The summed E-state index contributed by atoms with van der Waals surface area (Å²) in [4.78, 5) is 20.7. The summed E-state index contributed by atoms with van der Waals surface area (Å²) in [7, 11) is -3.20. The maximum atomic E-state index is 11.8. The van der Waals surface area contributed by atoms with Gasteiger partial charge in [-0.15, -0.1) is 0 Å². The molecule has 2 aromatic carbocycles. The number of nitrogens with zero attached hydrogens (tertiary/aromatic N) is 6. The Morgan fingerprint density at radius 1 is 1.05 bits per heavy atom. The van der Waals surface area contributed by atoms with Crippen molar-refractivity contribution in [3.63, 3.8) is 0 Å². The van der Waals surface area contributed by atoms with Gasteiger partial charge in [0.1, 0.15) is 0 Å². The molecule has 0 radical (unpaired) electrons. The molecular formula is C33H36N8O2S. The number of nitriles is 1. The molecular weight excluding hydrogens is 572 g/mol. The Balaban J connectivity index is 1.31. The van der Waals surface area contributed by atoms with Crippen LogP contribution in [-0.4, -0.2) is 58.6 Å². The molecule has 0 atom stereocenters. The lowest BCUT2D eigenvalue weighted by Gasteiger charge is -2.32. The number of nitrogens with one attached hydrogen (secondary N) is 1. The highest BCUT2D eigenvalue weighted by Gasteiger charge is 2.21. The summed E-state index contributed by atoms with van der Waals surface area (Å²) < 4.78 is 23.5. The number of piperidine rings is 1. The third kappa shape index (κ3) is 7.64. The van der Waals surface area contributed by atoms with Crippen LogP contribution in [0, 0.1) is 25.2 Å². The van der Waals surface area contributed by atoms with Crippen LogP contribution in [0.15, 0.2) is 66.0 Å². The minimum Gasteiger partial charge on any atom is -0.368 e. The second-order valence-electron chi connectivity index (χ2n) is 11.3. The first kappa shape index (κ1) is 30.8. The number of allylic oxidation sites excluding steroid dienone is 1. The number of aromatic nitrogens is 4. The quantitative estimate of drug-likeness (QED) is 0.255. The van der Waals surface area contributed by atoms with Crippen molar-refractivity contribution in [3.05, 3.63) is 94.6 Å². The summed E-state index contributed by atoms with van der Waals surface area (Å²) in [5.74, 6) is 0.790. The first-order valence-corrected chi connectivity index (χ1v) is 16.4. The molecule has 0 unspecified atom stereocenters. The Kier molecular flexibility index (Phi) is 9.32. The zero-order valence-electron chi connectivity index (χ0n) is 25.2. The number of hydrogen-bond donors (Lipinski definition) is 2. The third-order valence-corrected chi connectivity index (χ3v) is 9.07. The lowest BCUT2D eigenvalue weighted by molar-refractivity contribution is 0.211. The number of benzene rings is 2. The molecule has 1 aliphatic heterocycles. The van der Waals surface area contributed by atoms with E-state index >= 15 is 0 Å². The Bertz CT molecular complexity index is 1780. The SMILES string of the molecule is Cc1cc(/C=C/C#N)cc(C)c1Cc1nc(NC2CCN(Cc3ccc(S(C)(=O)=O)cc3)CC2)ncc1-c1cnc(N)nc1. The molecule has 3 N–H and O–H groups in total. The van der Waals surface area contributed by atoms with Gasteiger partial charge in [-0.05, 0) is 72.7 Å². The normalized spacial score (nSPS) is 14.5. The van der Waals surface area contributed by atoms with Crippen LogP contribution in [0.5, 0.6) is 0 Å². The monoisotopic (exact) mass is 608 g/mol. The van der Waals surface area contributed by atoms with Gasteiger partial charge >= 0.3 is 0 Å². The van der Waals surface area contributed by atoms with Crippen LogP contribution in [0.3, 0.4) is 0 Å². The first-order valence-electron chi connectivity index (χ1n) is 14.5. The average molecular weight is 609 g/mol. The number of sulfone groups is 1. The van der Waals surface area contributed by atoms with Crippen molar-refractivity contribution in [3.8, 4) is 17.2 Å². The number of aryl methyl sites for hydroxylation is 2. The predicted molar refractivity (Wildman–Crippen MR) is 172 cm³/mol. The van der Waals surface area contributed by atoms with Gasteiger partial charge in [-0.1, -0.05) is 24.3 Å². The summed E-state index contributed by atoms with van der Waals surface area (Å²) in [6.07, 6.45) is 12.2. The van der Waals surface area contributed by atoms with Crippen LogP contribution in [0.1, 0.15) is 46.4 Å². The Morgan fingerprint density at radius 2 is 1.70 bits per heavy atom. The van der Waals surface area contributed by atoms with Gasteiger partial charge in [0.15, 0.2) is 9.84 Å². The molecule has 4 aromatic rings. The molecule has 0 saturated carbocycles. The number of nitrogen functional groups attached to an aromatic ring is 1. The van der Waals surface area contributed by atoms with E-state index in [0.29, 0.717) is 17.3 Å². The van der Waals surface area contributed by atoms with Crippen molar-refractivity contribution in [1.82, 2.24) is 24.8 Å². The molecule has 0 aliphatic carbocycles. The zero-order valence-corrected chi connectivity index (χ0v) is 26.0. The third-order valence-electron chi connectivity index (χ3n) is 7.94. The van der Waals surface area contributed by atoms with Gasteiger partial charge in [0.2, 0.25) is 11.9 Å². The van der Waals surface area contributed by atoms with Crippen molar-refractivity contribution in [2.24, 2.45) is 0 Å². The van der Waals surface area contributed by atoms with Gasteiger partial charge in [-0.3, -0.25) is 4.90 Å². The van der Waals surface area contributed by atoms with E-state index in [4.69, 9.17) is 16.0 Å². The molecule has 0 bridgehead atoms. The molecule has 226 valence electrons. The van der Waals surface area contributed by atoms with E-state index in [-0.39, 0.29) is 12.0 Å². The second kappa shape index (κ2) is 13.3. The average Bonchev–Trinajstić information content (AvgIpc) is 2.99. The Hall–Kier alpha value is -4.66. The number of anilines is 2. The van der Waals surface area contributed by atoms with Crippen molar-refractivity contribution in [1.29, 1.82) is 5.26 Å². The minimum absolute atomic E-state index is 0.208. The predicted octanol–water partition coefficient (Wildman–Crippen LogP) is 4.74. The van der Waals surface area contributed by atoms with Crippen LogP contribution in [-0.2, 0) is 22.8 Å². The standard InChI is InChI=1S/C33H36N8O2S/c1-22-15-25(5-4-12-34)16-23(2)29(22)17-31-30(26-18-36-32(35)37-19-26)20-38-33(40-31)39-27-10-13-41(14-11-27)21-24-6-8-28(9-7-24)44(3,42)43/h4-9,15-16,18-20,27H,10-11,13-14,17,21H2,1-3H3,(H2,35,36,37)(H,38,39,40)/b5-4+. The smallest absolute Gasteiger partial charge is 0.223 e. The molecule has 44 heavy (non-hydrogen) atoms. The Labute approximate surface area is 258 Å². The van der Waals surface area contributed by atoms with Gasteiger partial charge in [-0.2, -0.15) is 5.26 Å². The van der Waals surface area contributed by atoms with E-state index in [0.717, 1.165) is 71.6 Å². The van der Waals surface area contributed by atoms with Crippen molar-refractivity contribution in [2.45, 2.75) is 50.6 Å². The van der Waals surface area contributed by atoms with Crippen LogP contribution in [0.2, 0.25) is 0 Å². The van der Waals surface area contributed by atoms with Gasteiger partial charge in [0, 0.05) is 74.1 Å². The van der Waals surface area contributed by atoms with E-state index in [1.165, 1.54) is 17.9 Å². The second-order valence-corrected chi connectivity index (χ2v) is 13.3. The zero-order chi connectivity index (χ0) is 31.3. The molecule has 1 aliphatic rings. The van der Waals surface area contributed by atoms with E-state index in [1.807, 2.05) is 24.4 Å². The molecule has 10 nitrogen and oxygen atoms in total. The van der Waals surface area contributed by atoms with Crippen molar-refractivity contribution in [2.75, 3.05) is 30.4 Å². The molecule has 0 spiro atoms. The highest BCUT2D eigenvalue weighted by Crippen LogP contribution is 2.28. The minimum atomic E-state index is -3.20. The lowest BCUT2D eigenvalue weighted by Crippen LogP contribution is -2.39.